The smallest absolute Gasteiger partial charge is 0.338 e. The number of rotatable bonds is 1. The number of esters is 1. The fourth-order valence-electron chi connectivity index (χ4n) is 3.52. The third-order valence-electron chi connectivity index (χ3n) is 4.71. The van der Waals surface area contributed by atoms with Gasteiger partial charge >= 0.3 is 5.97 Å². The van der Waals surface area contributed by atoms with Crippen molar-refractivity contribution in [2.75, 3.05) is 7.11 Å². The number of para-hydroxylation sites is 1. The Labute approximate surface area is 143 Å². The first-order valence-electron chi connectivity index (χ1n) is 8.06. The molecule has 0 unspecified atom stereocenters. The zero-order chi connectivity index (χ0) is 17.0. The molecule has 0 aliphatic carbocycles. The minimum absolute atomic E-state index is 0.331. The van der Waals surface area contributed by atoms with Crippen molar-refractivity contribution in [2.24, 2.45) is 0 Å². The number of aromatic nitrogens is 2. The maximum Gasteiger partial charge on any atom is 0.338 e. The molecule has 0 N–H and O–H groups in total. The third kappa shape index (κ3) is 1.94. The summed E-state index contributed by atoms with van der Waals surface area (Å²) in [7, 11) is 1.40. The van der Waals surface area contributed by atoms with Crippen LogP contribution in [0.3, 0.4) is 0 Å². The fourth-order valence-corrected chi connectivity index (χ4v) is 3.52. The van der Waals surface area contributed by atoms with Gasteiger partial charge in [-0.05, 0) is 35.0 Å². The molecule has 0 saturated heterocycles. The molecule has 0 atom stereocenters. The first-order valence-corrected chi connectivity index (χ1v) is 8.06. The van der Waals surface area contributed by atoms with Gasteiger partial charge in [0.25, 0.3) is 0 Å². The molecule has 120 valence electrons. The van der Waals surface area contributed by atoms with Gasteiger partial charge in [0.2, 0.25) is 0 Å². The minimum atomic E-state index is -0.331. The Balaban J connectivity index is 1.93. The van der Waals surface area contributed by atoms with Crippen LogP contribution in [-0.4, -0.2) is 22.5 Å². The predicted octanol–water partition coefficient (Wildman–Crippen LogP) is 4.53. The number of benzene rings is 2. The molecule has 0 fully saturated rings. The number of hydrogen-bond donors (Lipinski definition) is 0. The quantitative estimate of drug-likeness (QED) is 0.336. The third-order valence-corrected chi connectivity index (χ3v) is 4.71. The number of methoxy groups -OCH3 is 1. The summed E-state index contributed by atoms with van der Waals surface area (Å²) in [5.41, 5.74) is 4.57. The summed E-state index contributed by atoms with van der Waals surface area (Å²) in [6.07, 6.45) is 4.06. The summed E-state index contributed by atoms with van der Waals surface area (Å²) in [6, 6.07) is 17.9. The van der Waals surface area contributed by atoms with Crippen LogP contribution in [-0.2, 0) is 4.74 Å². The molecule has 0 spiro atoms. The van der Waals surface area contributed by atoms with E-state index in [-0.39, 0.29) is 5.97 Å². The van der Waals surface area contributed by atoms with Gasteiger partial charge in [0.05, 0.1) is 29.4 Å². The first-order chi connectivity index (χ1) is 12.3. The highest BCUT2D eigenvalue weighted by Crippen LogP contribution is 2.35. The number of carbonyl (C=O) groups excluding carboxylic acids is 1. The topological polar surface area (TPSA) is 43.6 Å². The van der Waals surface area contributed by atoms with E-state index in [2.05, 4.69) is 16.5 Å². The summed E-state index contributed by atoms with van der Waals surface area (Å²) in [4.78, 5) is 16.9. The van der Waals surface area contributed by atoms with Crippen molar-refractivity contribution in [1.82, 2.24) is 9.38 Å². The van der Waals surface area contributed by atoms with E-state index in [1.54, 1.807) is 6.07 Å². The number of nitrogens with zero attached hydrogens (tertiary/aromatic N) is 2. The van der Waals surface area contributed by atoms with Gasteiger partial charge in [0.1, 0.15) is 0 Å². The van der Waals surface area contributed by atoms with E-state index in [1.165, 1.54) is 7.11 Å². The van der Waals surface area contributed by atoms with Crippen molar-refractivity contribution in [3.8, 4) is 11.3 Å². The molecule has 0 bridgehead atoms. The lowest BCUT2D eigenvalue weighted by Crippen LogP contribution is -2.03. The van der Waals surface area contributed by atoms with Crippen molar-refractivity contribution < 1.29 is 9.53 Å². The van der Waals surface area contributed by atoms with Gasteiger partial charge in [0.15, 0.2) is 0 Å². The molecule has 5 rings (SSSR count). The average Bonchev–Trinajstić information content (AvgIpc) is 3.04. The predicted molar refractivity (Wildman–Crippen MR) is 98.2 cm³/mol. The Morgan fingerprint density at radius 3 is 2.80 bits per heavy atom. The molecule has 0 saturated carbocycles. The molecular formula is C21H14N2O2. The number of ether oxygens (including phenoxy) is 1. The monoisotopic (exact) mass is 326 g/mol. The number of carbonyl (C=O) groups is 1. The first kappa shape index (κ1) is 14.0. The second-order valence-corrected chi connectivity index (χ2v) is 6.07. The van der Waals surface area contributed by atoms with E-state index in [0.29, 0.717) is 5.56 Å². The van der Waals surface area contributed by atoms with Crippen molar-refractivity contribution >= 4 is 33.2 Å². The van der Waals surface area contributed by atoms with Crippen molar-refractivity contribution in [2.45, 2.75) is 0 Å². The summed E-state index contributed by atoms with van der Waals surface area (Å²) >= 11 is 0. The largest absolute Gasteiger partial charge is 0.465 e. The van der Waals surface area contributed by atoms with Gasteiger partial charge in [-0.3, -0.25) is 0 Å². The minimum Gasteiger partial charge on any atom is -0.465 e. The van der Waals surface area contributed by atoms with Crippen LogP contribution in [0.25, 0.3) is 38.4 Å². The van der Waals surface area contributed by atoms with E-state index in [1.807, 2.05) is 48.8 Å². The molecule has 4 nitrogen and oxygen atoms in total. The molecule has 2 aliphatic rings. The highest BCUT2D eigenvalue weighted by molar-refractivity contribution is 6.08. The van der Waals surface area contributed by atoms with E-state index < -0.39 is 0 Å². The van der Waals surface area contributed by atoms with Gasteiger partial charge in [-0.25, -0.2) is 9.78 Å². The second-order valence-electron chi connectivity index (χ2n) is 6.07. The molecule has 3 heterocycles. The zero-order valence-electron chi connectivity index (χ0n) is 13.6. The van der Waals surface area contributed by atoms with Crippen LogP contribution < -0.4 is 0 Å². The highest BCUT2D eigenvalue weighted by Gasteiger charge is 2.17. The molecular weight excluding hydrogens is 312 g/mol. The van der Waals surface area contributed by atoms with Crippen molar-refractivity contribution in [3.05, 3.63) is 72.6 Å². The molecule has 4 heteroatoms. The normalized spacial score (nSPS) is 11.6. The standard InChI is InChI=1S/C21H14N2O2/c1-25-21(24)16-7-4-5-13-12-23-10-9-15-14-6-2-3-8-18(14)22-20(15)19(23)11-17(13)16/h2-12H,1H3. The van der Waals surface area contributed by atoms with E-state index in [0.717, 1.165) is 38.4 Å². The van der Waals surface area contributed by atoms with Crippen LogP contribution in [0, 0.1) is 0 Å². The Morgan fingerprint density at radius 1 is 1.04 bits per heavy atom. The van der Waals surface area contributed by atoms with Crippen LogP contribution in [0.4, 0.5) is 0 Å². The molecule has 25 heavy (non-hydrogen) atoms. The SMILES string of the molecule is COC(=O)c1cccc2cn3ccc4c5ccccc5nc-4c3cc12. The average molecular weight is 326 g/mol. The summed E-state index contributed by atoms with van der Waals surface area (Å²) < 4.78 is 6.98. The fraction of sp³-hybridized carbons (Fsp3) is 0.0476. The Kier molecular flexibility index (Phi) is 2.82. The van der Waals surface area contributed by atoms with Gasteiger partial charge < -0.3 is 9.14 Å². The van der Waals surface area contributed by atoms with E-state index in [4.69, 9.17) is 9.72 Å². The van der Waals surface area contributed by atoms with Crippen molar-refractivity contribution in [1.29, 1.82) is 0 Å². The highest BCUT2D eigenvalue weighted by atomic mass is 16.5. The molecule has 2 aliphatic heterocycles. The van der Waals surface area contributed by atoms with Crippen molar-refractivity contribution in [3.63, 3.8) is 0 Å². The lowest BCUT2D eigenvalue weighted by molar-refractivity contribution is 0.0603. The van der Waals surface area contributed by atoms with Crippen LogP contribution in [0.15, 0.2) is 67.0 Å². The summed E-state index contributed by atoms with van der Waals surface area (Å²) in [5.74, 6) is -0.331. The van der Waals surface area contributed by atoms with E-state index in [9.17, 15) is 4.79 Å². The number of fused-ring (bicyclic) bond motifs is 6. The van der Waals surface area contributed by atoms with Gasteiger partial charge in [-0.15, -0.1) is 0 Å². The summed E-state index contributed by atoms with van der Waals surface area (Å²) in [6.45, 7) is 0. The Hall–Kier alpha value is -3.40. The lowest BCUT2D eigenvalue weighted by Gasteiger charge is -2.11. The second kappa shape index (κ2) is 5.05. The molecule has 0 amide bonds. The van der Waals surface area contributed by atoms with Gasteiger partial charge in [0, 0.05) is 23.3 Å². The number of hydrogen-bond acceptors (Lipinski definition) is 3. The lowest BCUT2D eigenvalue weighted by atomic mass is 10.0. The van der Waals surface area contributed by atoms with Crippen LogP contribution in [0.1, 0.15) is 10.4 Å². The summed E-state index contributed by atoms with van der Waals surface area (Å²) in [5, 5.41) is 2.99. The maximum atomic E-state index is 12.1. The van der Waals surface area contributed by atoms with E-state index >= 15 is 0 Å². The van der Waals surface area contributed by atoms with Gasteiger partial charge in [-0.2, -0.15) is 0 Å². The van der Waals surface area contributed by atoms with Crippen LogP contribution in [0.2, 0.25) is 0 Å². The Bertz CT molecular complexity index is 1250. The molecule has 3 aromatic rings. The Morgan fingerprint density at radius 2 is 1.92 bits per heavy atom. The molecule has 0 radical (unpaired) electrons. The van der Waals surface area contributed by atoms with Crippen LogP contribution in [0.5, 0.6) is 0 Å². The zero-order valence-corrected chi connectivity index (χ0v) is 13.6. The molecule has 1 aromatic heterocycles. The maximum absolute atomic E-state index is 12.1. The molecule has 2 aromatic carbocycles. The van der Waals surface area contributed by atoms with Gasteiger partial charge in [-0.1, -0.05) is 30.3 Å². The van der Waals surface area contributed by atoms with Crippen LogP contribution >= 0.6 is 0 Å². The number of pyridine rings is 2.